The van der Waals surface area contributed by atoms with Gasteiger partial charge in [-0.25, -0.2) is 0 Å². The average molecular weight is 523 g/mol. The zero-order valence-corrected chi connectivity index (χ0v) is 21.6. The van der Waals surface area contributed by atoms with E-state index in [0.717, 1.165) is 17.2 Å². The van der Waals surface area contributed by atoms with Gasteiger partial charge in [-0.1, -0.05) is 87.0 Å². The molecule has 0 saturated carbocycles. The normalized spacial score (nSPS) is 8.29. The van der Waals surface area contributed by atoms with Crippen molar-refractivity contribution in [3.8, 4) is 0 Å². The molecule has 2 aromatic carbocycles. The summed E-state index contributed by atoms with van der Waals surface area (Å²) < 4.78 is 0. The number of hydrogen-bond donors (Lipinski definition) is 0. The van der Waals surface area contributed by atoms with E-state index in [0.29, 0.717) is 6.42 Å². The Balaban J connectivity index is -0.000000450. The number of carboxylic acid groups (broad SMARTS) is 4. The van der Waals surface area contributed by atoms with Crippen molar-refractivity contribution in [2.45, 2.75) is 27.2 Å². The molecule has 9 nitrogen and oxygen atoms in total. The molecule has 0 aromatic heterocycles. The first-order valence-corrected chi connectivity index (χ1v) is 10.6. The van der Waals surface area contributed by atoms with Gasteiger partial charge in [0.1, 0.15) is 0 Å². The molecule has 204 valence electrons. The predicted octanol–water partition coefficient (Wildman–Crippen LogP) is -0.0285. The highest BCUT2D eigenvalue weighted by atomic mass is 16.4. The summed E-state index contributed by atoms with van der Waals surface area (Å²) in [6, 6.07) is 19.2. The summed E-state index contributed by atoms with van der Waals surface area (Å²) >= 11 is 0. The molecule has 0 heterocycles. The summed E-state index contributed by atoms with van der Waals surface area (Å²) in [4.78, 5) is 49.4. The van der Waals surface area contributed by atoms with E-state index in [1.54, 1.807) is 0 Å². The van der Waals surface area contributed by atoms with Crippen LogP contribution >= 0.6 is 0 Å². The standard InChI is InChI=1S/C14H12O.3C4H6O2.C3H4O2/c15-14(13-9-5-2-6-10-13)11-12-7-3-1-4-8-12;3*1-3(2)4(5)6;1-2-3(4)5/h1-10H,11H2;3*1H2,2H3,(H,5,6);2H,1H2,(H,4,5)/p-4. The summed E-state index contributed by atoms with van der Waals surface area (Å²) in [5.41, 5.74) is 2.03. The van der Waals surface area contributed by atoms with E-state index in [1.165, 1.54) is 20.8 Å². The number of ketones is 1. The number of aliphatic carboxylic acids is 4. The number of carbonyl (C=O) groups excluding carboxylic acids is 5. The van der Waals surface area contributed by atoms with Crippen molar-refractivity contribution < 1.29 is 44.4 Å². The predicted molar refractivity (Wildman–Crippen MR) is 136 cm³/mol. The lowest BCUT2D eigenvalue weighted by atomic mass is 10.0. The van der Waals surface area contributed by atoms with Crippen LogP contribution in [0.15, 0.2) is 110 Å². The van der Waals surface area contributed by atoms with E-state index < -0.39 is 23.9 Å². The van der Waals surface area contributed by atoms with Crippen LogP contribution in [0.4, 0.5) is 0 Å². The monoisotopic (exact) mass is 522 g/mol. The maximum atomic E-state index is 11.8. The number of hydrogen-bond acceptors (Lipinski definition) is 9. The molecule has 0 fully saturated rings. The topological polar surface area (TPSA) is 178 Å². The van der Waals surface area contributed by atoms with Crippen LogP contribution in [-0.4, -0.2) is 29.7 Å². The fourth-order valence-corrected chi connectivity index (χ4v) is 1.51. The molecule has 0 amide bonds. The molecule has 0 radical (unpaired) electrons. The Hall–Kier alpha value is -5.05. The summed E-state index contributed by atoms with van der Waals surface area (Å²) in [5.74, 6) is -4.62. The van der Waals surface area contributed by atoms with Crippen LogP contribution in [0.5, 0.6) is 0 Å². The molecule has 0 atom stereocenters. The number of benzene rings is 2. The fraction of sp³-hybridized carbons (Fsp3) is 0.138. The Bertz CT molecular complexity index is 1010. The van der Waals surface area contributed by atoms with Crippen LogP contribution < -0.4 is 20.4 Å². The van der Waals surface area contributed by atoms with Gasteiger partial charge >= 0.3 is 0 Å². The van der Waals surface area contributed by atoms with E-state index in [9.17, 15) is 34.5 Å². The maximum absolute atomic E-state index is 11.8. The zero-order valence-electron chi connectivity index (χ0n) is 21.6. The van der Waals surface area contributed by atoms with Crippen molar-refractivity contribution in [3.63, 3.8) is 0 Å². The smallest absolute Gasteiger partial charge is 0.167 e. The second kappa shape index (κ2) is 22.4. The molecule has 0 saturated heterocycles. The lowest BCUT2D eigenvalue weighted by Gasteiger charge is -2.00. The van der Waals surface area contributed by atoms with Gasteiger partial charge < -0.3 is 39.6 Å². The molecular formula is C29H30O9-4. The highest BCUT2D eigenvalue weighted by Gasteiger charge is 2.05. The van der Waals surface area contributed by atoms with Crippen molar-refractivity contribution in [3.05, 3.63) is 121 Å². The van der Waals surface area contributed by atoms with Crippen molar-refractivity contribution >= 4 is 29.7 Å². The van der Waals surface area contributed by atoms with Gasteiger partial charge in [0.2, 0.25) is 0 Å². The third-order valence-corrected chi connectivity index (χ3v) is 3.52. The molecule has 0 unspecified atom stereocenters. The van der Waals surface area contributed by atoms with Gasteiger partial charge in [0.05, 0.1) is 23.9 Å². The van der Waals surface area contributed by atoms with E-state index in [-0.39, 0.29) is 22.5 Å². The average Bonchev–Trinajstić information content (AvgIpc) is 2.86. The molecule has 0 N–H and O–H groups in total. The minimum absolute atomic E-state index is 0.0648. The van der Waals surface area contributed by atoms with Crippen LogP contribution in [-0.2, 0) is 25.6 Å². The van der Waals surface area contributed by atoms with Crippen molar-refractivity contribution in [1.29, 1.82) is 0 Å². The lowest BCUT2D eigenvalue weighted by molar-refractivity contribution is -0.300. The molecule has 0 spiro atoms. The zero-order chi connectivity index (χ0) is 30.3. The lowest BCUT2D eigenvalue weighted by Crippen LogP contribution is -2.22. The largest absolute Gasteiger partial charge is 0.545 e. The van der Waals surface area contributed by atoms with Crippen LogP contribution in [0, 0.1) is 0 Å². The van der Waals surface area contributed by atoms with Crippen LogP contribution in [0.3, 0.4) is 0 Å². The minimum Gasteiger partial charge on any atom is -0.545 e. The molecular weight excluding hydrogens is 492 g/mol. The SMILES string of the molecule is C=C(C)C(=O)[O-].C=C(C)C(=O)[O-].C=C(C)C(=O)[O-].C=CC(=O)[O-].O=C(Cc1ccccc1)c1ccccc1. The quantitative estimate of drug-likeness (QED) is 0.357. The summed E-state index contributed by atoms with van der Waals surface area (Å²) in [6.45, 7) is 16.3. The Morgan fingerprint density at radius 3 is 1.13 bits per heavy atom. The summed E-state index contributed by atoms with van der Waals surface area (Å²) in [6.07, 6.45) is 1.20. The molecule has 0 bridgehead atoms. The van der Waals surface area contributed by atoms with Crippen molar-refractivity contribution in [2.24, 2.45) is 0 Å². The molecule has 38 heavy (non-hydrogen) atoms. The molecule has 0 aliphatic heterocycles. The third kappa shape index (κ3) is 25.6. The highest BCUT2D eigenvalue weighted by Crippen LogP contribution is 2.06. The van der Waals surface area contributed by atoms with Gasteiger partial charge in [0.25, 0.3) is 0 Å². The molecule has 0 aliphatic carbocycles. The van der Waals surface area contributed by atoms with Gasteiger partial charge in [-0.15, -0.1) is 0 Å². The van der Waals surface area contributed by atoms with Crippen molar-refractivity contribution in [1.82, 2.24) is 0 Å². The molecule has 9 heteroatoms. The first kappa shape index (κ1) is 37.5. The number of carboxylic acids is 4. The Labute approximate surface area is 222 Å². The molecule has 0 aliphatic rings. The van der Waals surface area contributed by atoms with Crippen LogP contribution in [0.1, 0.15) is 36.7 Å². The van der Waals surface area contributed by atoms with E-state index >= 15 is 0 Å². The van der Waals surface area contributed by atoms with Gasteiger partial charge in [0.15, 0.2) is 5.78 Å². The fourth-order valence-electron chi connectivity index (χ4n) is 1.51. The van der Waals surface area contributed by atoms with Crippen molar-refractivity contribution in [2.75, 3.05) is 0 Å². The number of rotatable bonds is 7. The van der Waals surface area contributed by atoms with Crippen LogP contribution in [0.25, 0.3) is 0 Å². The Morgan fingerprint density at radius 1 is 0.632 bits per heavy atom. The van der Waals surface area contributed by atoms with E-state index in [1.807, 2.05) is 60.7 Å². The van der Waals surface area contributed by atoms with Crippen LogP contribution in [0.2, 0.25) is 0 Å². The summed E-state index contributed by atoms with van der Waals surface area (Å²) in [5, 5.41) is 37.6. The first-order chi connectivity index (χ1) is 17.6. The molecule has 2 rings (SSSR count). The maximum Gasteiger partial charge on any atom is 0.167 e. The van der Waals surface area contributed by atoms with Gasteiger partial charge in [0, 0.05) is 12.0 Å². The van der Waals surface area contributed by atoms with Gasteiger partial charge in [-0.05, 0) is 49.1 Å². The third-order valence-electron chi connectivity index (χ3n) is 3.52. The van der Waals surface area contributed by atoms with E-state index in [2.05, 4.69) is 26.3 Å². The van der Waals surface area contributed by atoms with E-state index in [4.69, 9.17) is 9.90 Å². The second-order valence-electron chi connectivity index (χ2n) is 7.18. The Kier molecular flexibility index (Phi) is 22.1. The van der Waals surface area contributed by atoms with Gasteiger partial charge in [-0.2, -0.15) is 0 Å². The summed E-state index contributed by atoms with van der Waals surface area (Å²) in [7, 11) is 0. The minimum atomic E-state index is -1.23. The number of Topliss-reactive ketones (excluding diaryl/α,β-unsaturated/α-hetero) is 1. The number of carbonyl (C=O) groups is 5. The van der Waals surface area contributed by atoms with Gasteiger partial charge in [-0.3, -0.25) is 4.79 Å². The molecule has 2 aromatic rings. The second-order valence-corrected chi connectivity index (χ2v) is 7.18. The Morgan fingerprint density at radius 2 is 0.895 bits per heavy atom. The first-order valence-electron chi connectivity index (χ1n) is 10.6. The highest BCUT2D eigenvalue weighted by molar-refractivity contribution is 5.97.